The minimum absolute atomic E-state index is 0.000255. The maximum atomic E-state index is 13.0. The van der Waals surface area contributed by atoms with Gasteiger partial charge in [0.05, 0.1) is 6.42 Å². The lowest BCUT2D eigenvalue weighted by molar-refractivity contribution is -0.137. The van der Waals surface area contributed by atoms with Crippen LogP contribution in [0.15, 0.2) is 35.4 Å². The van der Waals surface area contributed by atoms with Gasteiger partial charge >= 0.3 is 5.97 Å². The van der Waals surface area contributed by atoms with E-state index < -0.39 is 35.3 Å². The van der Waals surface area contributed by atoms with Crippen LogP contribution >= 0.6 is 11.8 Å². The molecule has 1 aliphatic rings. The summed E-state index contributed by atoms with van der Waals surface area (Å²) in [6.45, 7) is 1.89. The van der Waals surface area contributed by atoms with Crippen LogP contribution in [0.1, 0.15) is 23.7 Å². The van der Waals surface area contributed by atoms with E-state index in [1.807, 2.05) is 6.92 Å². The summed E-state index contributed by atoms with van der Waals surface area (Å²) in [7, 11) is 1.54. The second kappa shape index (κ2) is 6.95. The Morgan fingerprint density at radius 2 is 1.91 bits per heavy atom. The number of hydrogen-bond acceptors (Lipinski definition) is 4. The first-order chi connectivity index (χ1) is 10.9. The standard InChI is InChI=1S/C16H16FNO4S/c1-3-23-16-13(11(8-12(19)20)15(22)18(16)2)14(21)9-4-6-10(17)7-5-9/h4-7,16H,3,8H2,1-2H3,(H,19,20)/t16-/m0/s1. The van der Waals surface area contributed by atoms with Crippen molar-refractivity contribution in [2.45, 2.75) is 18.7 Å². The molecule has 0 fully saturated rings. The number of benzene rings is 1. The molecule has 5 nitrogen and oxygen atoms in total. The van der Waals surface area contributed by atoms with E-state index in [0.717, 1.165) is 12.1 Å². The second-order valence-corrected chi connectivity index (χ2v) is 6.38. The van der Waals surface area contributed by atoms with Gasteiger partial charge in [-0.3, -0.25) is 14.4 Å². The molecule has 0 aromatic heterocycles. The molecule has 1 aliphatic heterocycles. The Balaban J connectivity index is 2.51. The molecular formula is C16H16FNO4S. The number of aliphatic carboxylic acids is 1. The molecule has 1 N–H and O–H groups in total. The fraction of sp³-hybridized carbons (Fsp3) is 0.312. The largest absolute Gasteiger partial charge is 0.481 e. The molecule has 1 aromatic carbocycles. The smallest absolute Gasteiger partial charge is 0.308 e. The Hall–Kier alpha value is -2.15. The van der Waals surface area contributed by atoms with Crippen molar-refractivity contribution in [1.82, 2.24) is 4.90 Å². The normalized spacial score (nSPS) is 17.8. The van der Waals surface area contributed by atoms with Crippen molar-refractivity contribution < 1.29 is 23.9 Å². The molecule has 0 saturated heterocycles. The topological polar surface area (TPSA) is 74.7 Å². The predicted molar refractivity (Wildman–Crippen MR) is 84.7 cm³/mol. The summed E-state index contributed by atoms with van der Waals surface area (Å²) >= 11 is 1.38. The van der Waals surface area contributed by atoms with Crippen LogP contribution in [0, 0.1) is 5.82 Å². The first-order valence-corrected chi connectivity index (χ1v) is 8.05. The Labute approximate surface area is 137 Å². The molecule has 1 amide bonds. The number of amides is 1. The number of halogens is 1. The third-order valence-electron chi connectivity index (χ3n) is 3.51. The third-order valence-corrected chi connectivity index (χ3v) is 4.71. The lowest BCUT2D eigenvalue weighted by Crippen LogP contribution is -2.31. The van der Waals surface area contributed by atoms with Gasteiger partial charge in [-0.1, -0.05) is 6.92 Å². The van der Waals surface area contributed by atoms with Crippen molar-refractivity contribution in [2.75, 3.05) is 12.8 Å². The van der Waals surface area contributed by atoms with E-state index in [-0.39, 0.29) is 16.7 Å². The maximum absolute atomic E-state index is 13.0. The molecule has 1 aromatic rings. The van der Waals surface area contributed by atoms with Crippen LogP contribution in [0.5, 0.6) is 0 Å². The number of Topliss-reactive ketones (excluding diaryl/α,β-unsaturated/α-hetero) is 1. The van der Waals surface area contributed by atoms with Gasteiger partial charge in [0.25, 0.3) is 5.91 Å². The van der Waals surface area contributed by atoms with Crippen molar-refractivity contribution in [3.05, 3.63) is 46.8 Å². The molecule has 0 bridgehead atoms. The molecule has 1 heterocycles. The van der Waals surface area contributed by atoms with Gasteiger partial charge in [0.2, 0.25) is 0 Å². The summed E-state index contributed by atoms with van der Waals surface area (Å²) < 4.78 is 13.0. The number of carboxylic acids is 1. The zero-order valence-corrected chi connectivity index (χ0v) is 13.5. The summed E-state index contributed by atoms with van der Waals surface area (Å²) in [5, 5.41) is 8.50. The van der Waals surface area contributed by atoms with Gasteiger partial charge in [-0.15, -0.1) is 11.8 Å². The number of rotatable bonds is 6. The van der Waals surface area contributed by atoms with Crippen molar-refractivity contribution in [1.29, 1.82) is 0 Å². The maximum Gasteiger partial charge on any atom is 0.308 e. The molecule has 2 rings (SSSR count). The molecule has 0 radical (unpaired) electrons. The van der Waals surface area contributed by atoms with E-state index in [2.05, 4.69) is 0 Å². The third kappa shape index (κ3) is 3.44. The monoisotopic (exact) mass is 337 g/mol. The summed E-state index contributed by atoms with van der Waals surface area (Å²) in [6.07, 6.45) is -0.508. The molecule has 122 valence electrons. The van der Waals surface area contributed by atoms with Crippen molar-refractivity contribution in [3.63, 3.8) is 0 Å². The number of ketones is 1. The summed E-state index contributed by atoms with van der Waals surface area (Å²) in [4.78, 5) is 37.5. The average Bonchev–Trinajstić information content (AvgIpc) is 2.72. The molecule has 0 saturated carbocycles. The molecule has 7 heteroatoms. The number of likely N-dealkylation sites (N-methyl/N-ethyl adjacent to an activating group) is 1. The van der Waals surface area contributed by atoms with Gasteiger partial charge < -0.3 is 10.0 Å². The second-order valence-electron chi connectivity index (χ2n) is 5.02. The molecule has 0 unspecified atom stereocenters. The highest BCUT2D eigenvalue weighted by atomic mass is 32.2. The van der Waals surface area contributed by atoms with Gasteiger partial charge in [-0.25, -0.2) is 4.39 Å². The van der Waals surface area contributed by atoms with Gasteiger partial charge in [0, 0.05) is 23.8 Å². The fourth-order valence-electron chi connectivity index (χ4n) is 2.46. The summed E-state index contributed by atoms with van der Waals surface area (Å²) in [6, 6.07) is 4.99. The Kier molecular flexibility index (Phi) is 5.20. The van der Waals surface area contributed by atoms with E-state index in [4.69, 9.17) is 5.11 Å². The Bertz CT molecular complexity index is 684. The van der Waals surface area contributed by atoms with E-state index in [0.29, 0.717) is 5.75 Å². The van der Waals surface area contributed by atoms with Crippen molar-refractivity contribution in [3.8, 4) is 0 Å². The quantitative estimate of drug-likeness (QED) is 0.807. The van der Waals surface area contributed by atoms with E-state index in [1.54, 1.807) is 7.05 Å². The molecule has 23 heavy (non-hydrogen) atoms. The van der Waals surface area contributed by atoms with E-state index in [9.17, 15) is 18.8 Å². The summed E-state index contributed by atoms with van der Waals surface area (Å²) in [5.41, 5.74) is 0.410. The van der Waals surface area contributed by atoms with Gasteiger partial charge in [0.1, 0.15) is 11.2 Å². The van der Waals surface area contributed by atoms with Crippen LogP contribution in [-0.4, -0.2) is 45.8 Å². The van der Waals surface area contributed by atoms with Gasteiger partial charge in [-0.05, 0) is 30.0 Å². The summed E-state index contributed by atoms with van der Waals surface area (Å²) in [5.74, 6) is -1.88. The number of thioether (sulfide) groups is 1. The van der Waals surface area contributed by atoms with Crippen molar-refractivity contribution >= 4 is 29.4 Å². The number of carbonyl (C=O) groups excluding carboxylic acids is 2. The highest BCUT2D eigenvalue weighted by molar-refractivity contribution is 8.00. The van der Waals surface area contributed by atoms with Crippen LogP contribution in [0.2, 0.25) is 0 Å². The van der Waals surface area contributed by atoms with E-state index in [1.165, 1.54) is 28.8 Å². The number of carbonyl (C=O) groups is 3. The van der Waals surface area contributed by atoms with Crippen LogP contribution < -0.4 is 0 Å². The lowest BCUT2D eigenvalue weighted by Gasteiger charge is -2.21. The van der Waals surface area contributed by atoms with Crippen LogP contribution in [0.4, 0.5) is 4.39 Å². The van der Waals surface area contributed by atoms with Crippen molar-refractivity contribution in [2.24, 2.45) is 0 Å². The molecule has 1 atom stereocenters. The highest BCUT2D eigenvalue weighted by Gasteiger charge is 2.41. The molecule has 0 spiro atoms. The van der Waals surface area contributed by atoms with Crippen LogP contribution in [-0.2, 0) is 9.59 Å². The number of nitrogens with zero attached hydrogens (tertiary/aromatic N) is 1. The van der Waals surface area contributed by atoms with E-state index >= 15 is 0 Å². The SMILES string of the molecule is CCS[C@H]1C(C(=O)c2ccc(F)cc2)=C(CC(=O)O)C(=O)N1C. The van der Waals surface area contributed by atoms with Crippen LogP contribution in [0.3, 0.4) is 0 Å². The first kappa shape index (κ1) is 17.2. The van der Waals surface area contributed by atoms with Crippen LogP contribution in [0.25, 0.3) is 0 Å². The average molecular weight is 337 g/mol. The first-order valence-electron chi connectivity index (χ1n) is 7.00. The highest BCUT2D eigenvalue weighted by Crippen LogP contribution is 2.35. The Morgan fingerprint density at radius 3 is 2.43 bits per heavy atom. The molecule has 0 aliphatic carbocycles. The fourth-order valence-corrected chi connectivity index (χ4v) is 3.51. The minimum Gasteiger partial charge on any atom is -0.481 e. The zero-order chi connectivity index (χ0) is 17.1. The lowest BCUT2D eigenvalue weighted by atomic mass is 9.98. The predicted octanol–water partition coefficient (Wildman–Crippen LogP) is 2.33. The zero-order valence-electron chi connectivity index (χ0n) is 12.7. The number of carboxylic acid groups (broad SMARTS) is 1. The number of hydrogen-bond donors (Lipinski definition) is 1. The molecular weight excluding hydrogens is 321 g/mol. The van der Waals surface area contributed by atoms with Gasteiger partial charge in [0.15, 0.2) is 5.78 Å². The Morgan fingerprint density at radius 1 is 1.30 bits per heavy atom. The minimum atomic E-state index is -1.17. The van der Waals surface area contributed by atoms with Gasteiger partial charge in [-0.2, -0.15) is 0 Å².